The molecular formula is C22H28N2O4S. The quantitative estimate of drug-likeness (QED) is 0.716. The molecule has 2 aromatic rings. The van der Waals surface area contributed by atoms with Crippen LogP contribution in [0.1, 0.15) is 40.4 Å². The zero-order valence-corrected chi connectivity index (χ0v) is 17.7. The Bertz CT molecular complexity index is 936. The van der Waals surface area contributed by atoms with Crippen molar-refractivity contribution in [2.24, 2.45) is 0 Å². The number of hydrogen-bond donors (Lipinski definition) is 1. The molecule has 0 aliphatic carbocycles. The fraction of sp³-hybridized carbons (Fsp3) is 0.409. The maximum atomic E-state index is 12.6. The first-order chi connectivity index (χ1) is 13.9. The average Bonchev–Trinajstić information content (AvgIpc) is 3.22. The minimum absolute atomic E-state index is 0.0260. The van der Waals surface area contributed by atoms with Crippen LogP contribution in [0.3, 0.4) is 0 Å². The molecule has 0 spiro atoms. The first kappa shape index (κ1) is 21.3. The topological polar surface area (TPSA) is 75.7 Å². The van der Waals surface area contributed by atoms with Crippen molar-refractivity contribution in [1.82, 2.24) is 10.2 Å². The third kappa shape index (κ3) is 6.05. The second-order valence-electron chi connectivity index (χ2n) is 7.51. The molecule has 1 atom stereocenters. The summed E-state index contributed by atoms with van der Waals surface area (Å²) in [5.74, 6) is 0.615. The van der Waals surface area contributed by atoms with Gasteiger partial charge in [0.05, 0.1) is 18.9 Å². The molecular weight excluding hydrogens is 388 g/mol. The summed E-state index contributed by atoms with van der Waals surface area (Å²) in [6.45, 7) is 2.52. The molecule has 1 fully saturated rings. The first-order valence-electron chi connectivity index (χ1n) is 9.78. The van der Waals surface area contributed by atoms with Crippen LogP contribution in [0.15, 0.2) is 48.5 Å². The van der Waals surface area contributed by atoms with Crippen molar-refractivity contribution in [2.75, 3.05) is 33.0 Å². The summed E-state index contributed by atoms with van der Waals surface area (Å²) in [4.78, 5) is 15.0. The van der Waals surface area contributed by atoms with Crippen molar-refractivity contribution in [3.63, 3.8) is 0 Å². The molecule has 0 aromatic heterocycles. The van der Waals surface area contributed by atoms with Gasteiger partial charge < -0.3 is 10.1 Å². The Morgan fingerprint density at radius 2 is 1.83 bits per heavy atom. The van der Waals surface area contributed by atoms with Crippen LogP contribution in [0, 0.1) is 0 Å². The number of benzene rings is 2. The number of carbonyl (C=O) groups excluding carboxylic acids is 1. The van der Waals surface area contributed by atoms with Crippen LogP contribution in [-0.4, -0.2) is 52.2 Å². The molecule has 0 radical (unpaired) electrons. The van der Waals surface area contributed by atoms with Crippen LogP contribution < -0.4 is 10.1 Å². The number of nitrogens with one attached hydrogen (secondary N) is 1. The molecule has 1 heterocycles. The zero-order chi connectivity index (χ0) is 20.9. The normalized spacial score (nSPS) is 15.8. The molecule has 1 aliphatic rings. The lowest BCUT2D eigenvalue weighted by Crippen LogP contribution is -2.36. The summed E-state index contributed by atoms with van der Waals surface area (Å²) in [6.07, 6.45) is 3.52. The second kappa shape index (κ2) is 9.41. The van der Waals surface area contributed by atoms with Crippen LogP contribution in [0.2, 0.25) is 0 Å². The highest BCUT2D eigenvalue weighted by Gasteiger charge is 2.24. The third-order valence-corrected chi connectivity index (χ3v) is 6.02. The first-order valence-corrected chi connectivity index (χ1v) is 11.8. The molecule has 7 heteroatoms. The van der Waals surface area contributed by atoms with Crippen molar-refractivity contribution in [2.45, 2.75) is 24.6 Å². The molecule has 1 N–H and O–H groups in total. The number of ether oxygens (including phenoxy) is 1. The van der Waals surface area contributed by atoms with Crippen molar-refractivity contribution in [1.29, 1.82) is 0 Å². The summed E-state index contributed by atoms with van der Waals surface area (Å²) in [5.41, 5.74) is 2.32. The van der Waals surface area contributed by atoms with Crippen LogP contribution >= 0.6 is 0 Å². The second-order valence-corrected chi connectivity index (χ2v) is 9.65. The predicted molar refractivity (Wildman–Crippen MR) is 114 cm³/mol. The monoisotopic (exact) mass is 416 g/mol. The van der Waals surface area contributed by atoms with Gasteiger partial charge >= 0.3 is 0 Å². The van der Waals surface area contributed by atoms with E-state index in [2.05, 4.69) is 16.3 Å². The van der Waals surface area contributed by atoms with Gasteiger partial charge in [-0.2, -0.15) is 0 Å². The minimum Gasteiger partial charge on any atom is -0.497 e. The SMILES string of the molecule is COc1cccc(C(CNC(=O)c2ccc(CS(C)(=O)=O)cc2)N2CCCC2)c1. The Kier molecular flexibility index (Phi) is 6.92. The third-order valence-electron chi connectivity index (χ3n) is 5.16. The van der Waals surface area contributed by atoms with Crippen molar-refractivity contribution in [3.8, 4) is 5.75 Å². The van der Waals surface area contributed by atoms with Gasteiger partial charge in [0.15, 0.2) is 9.84 Å². The Hall–Kier alpha value is -2.38. The van der Waals surface area contributed by atoms with E-state index in [1.54, 1.807) is 31.4 Å². The standard InChI is InChI=1S/C22H28N2O4S/c1-28-20-7-5-6-19(14-20)21(24-12-3-4-13-24)15-23-22(25)18-10-8-17(9-11-18)16-29(2,26)27/h5-11,14,21H,3-4,12-13,15-16H2,1-2H3,(H,23,25). The minimum atomic E-state index is -3.09. The van der Waals surface area contributed by atoms with Crippen molar-refractivity contribution < 1.29 is 17.9 Å². The summed E-state index contributed by atoms with van der Waals surface area (Å²) in [6, 6.07) is 14.8. The van der Waals surface area contributed by atoms with Crippen LogP contribution in [-0.2, 0) is 15.6 Å². The van der Waals surface area contributed by atoms with E-state index >= 15 is 0 Å². The van der Waals surface area contributed by atoms with E-state index in [-0.39, 0.29) is 17.7 Å². The molecule has 1 aliphatic heterocycles. The fourth-order valence-corrected chi connectivity index (χ4v) is 4.50. The number of methoxy groups -OCH3 is 1. The van der Waals surface area contributed by atoms with Gasteiger partial charge in [-0.3, -0.25) is 9.69 Å². The Labute approximate surface area is 172 Å². The highest BCUT2D eigenvalue weighted by atomic mass is 32.2. The predicted octanol–water partition coefficient (Wildman–Crippen LogP) is 2.81. The van der Waals surface area contributed by atoms with E-state index < -0.39 is 9.84 Å². The van der Waals surface area contributed by atoms with E-state index in [0.717, 1.165) is 37.2 Å². The van der Waals surface area contributed by atoms with Gasteiger partial charge in [0.25, 0.3) is 5.91 Å². The summed E-state index contributed by atoms with van der Waals surface area (Å²) < 4.78 is 28.2. The lowest BCUT2D eigenvalue weighted by Gasteiger charge is -2.28. The Morgan fingerprint density at radius 1 is 1.14 bits per heavy atom. The van der Waals surface area contributed by atoms with Gasteiger partial charge in [-0.25, -0.2) is 8.42 Å². The fourth-order valence-electron chi connectivity index (χ4n) is 3.71. The number of carbonyl (C=O) groups is 1. The maximum Gasteiger partial charge on any atom is 0.251 e. The Balaban J connectivity index is 1.69. The van der Waals surface area contributed by atoms with E-state index in [0.29, 0.717) is 17.7 Å². The molecule has 6 nitrogen and oxygen atoms in total. The van der Waals surface area contributed by atoms with Crippen LogP contribution in [0.25, 0.3) is 0 Å². The van der Waals surface area contributed by atoms with E-state index in [1.807, 2.05) is 18.2 Å². The maximum absolute atomic E-state index is 12.6. The molecule has 2 aromatic carbocycles. The Morgan fingerprint density at radius 3 is 2.45 bits per heavy atom. The van der Waals surface area contributed by atoms with Crippen LogP contribution in [0.4, 0.5) is 0 Å². The molecule has 3 rings (SSSR count). The highest BCUT2D eigenvalue weighted by molar-refractivity contribution is 7.89. The lowest BCUT2D eigenvalue weighted by molar-refractivity contribution is 0.0938. The van der Waals surface area contributed by atoms with Gasteiger partial charge in [-0.05, 0) is 61.3 Å². The van der Waals surface area contributed by atoms with Gasteiger partial charge in [0, 0.05) is 18.4 Å². The van der Waals surface area contributed by atoms with Gasteiger partial charge in [0.2, 0.25) is 0 Å². The number of rotatable bonds is 8. The van der Waals surface area contributed by atoms with Crippen molar-refractivity contribution >= 4 is 15.7 Å². The largest absolute Gasteiger partial charge is 0.497 e. The molecule has 1 saturated heterocycles. The summed E-state index contributed by atoms with van der Waals surface area (Å²) in [7, 11) is -1.44. The zero-order valence-electron chi connectivity index (χ0n) is 16.9. The molecule has 1 amide bonds. The number of likely N-dealkylation sites (tertiary alicyclic amines) is 1. The highest BCUT2D eigenvalue weighted by Crippen LogP contribution is 2.27. The molecule has 156 valence electrons. The number of nitrogens with zero attached hydrogens (tertiary/aromatic N) is 1. The molecule has 1 unspecified atom stereocenters. The van der Waals surface area contributed by atoms with Crippen molar-refractivity contribution in [3.05, 3.63) is 65.2 Å². The summed E-state index contributed by atoms with van der Waals surface area (Å²) >= 11 is 0. The summed E-state index contributed by atoms with van der Waals surface area (Å²) in [5, 5.41) is 3.04. The van der Waals surface area contributed by atoms with E-state index in [1.165, 1.54) is 6.26 Å². The molecule has 0 saturated carbocycles. The van der Waals surface area contributed by atoms with E-state index in [4.69, 9.17) is 4.74 Å². The lowest BCUT2D eigenvalue weighted by atomic mass is 10.0. The van der Waals surface area contributed by atoms with Gasteiger partial charge in [-0.1, -0.05) is 24.3 Å². The smallest absolute Gasteiger partial charge is 0.251 e. The molecule has 29 heavy (non-hydrogen) atoms. The number of hydrogen-bond acceptors (Lipinski definition) is 5. The number of sulfone groups is 1. The number of amides is 1. The molecule has 0 bridgehead atoms. The van der Waals surface area contributed by atoms with E-state index in [9.17, 15) is 13.2 Å². The average molecular weight is 417 g/mol. The van der Waals surface area contributed by atoms with Gasteiger partial charge in [0.1, 0.15) is 5.75 Å². The van der Waals surface area contributed by atoms with Gasteiger partial charge in [-0.15, -0.1) is 0 Å². The van der Waals surface area contributed by atoms with Crippen LogP contribution in [0.5, 0.6) is 5.75 Å².